The molecule has 38 heavy (non-hydrogen) atoms. The van der Waals surface area contributed by atoms with E-state index in [9.17, 15) is 4.79 Å². The minimum absolute atomic E-state index is 0.240. The second-order valence-corrected chi connectivity index (χ2v) is 9.56. The van der Waals surface area contributed by atoms with E-state index in [0.717, 1.165) is 58.7 Å². The summed E-state index contributed by atoms with van der Waals surface area (Å²) < 4.78 is 30.2. The molecule has 0 N–H and O–H groups in total. The number of ether oxygens (including phenoxy) is 5. The number of hydrogen-bond acceptors (Lipinski definition) is 6. The molecule has 0 fully saturated rings. The van der Waals surface area contributed by atoms with Gasteiger partial charge in [0.15, 0.2) is 35.7 Å². The van der Waals surface area contributed by atoms with Crippen LogP contribution in [0.1, 0.15) is 40.7 Å². The van der Waals surface area contributed by atoms with Crippen LogP contribution in [0.15, 0.2) is 60.8 Å². The van der Waals surface area contributed by atoms with Gasteiger partial charge in [-0.25, -0.2) is 4.79 Å². The minimum atomic E-state index is -0.288. The fourth-order valence-electron chi connectivity index (χ4n) is 5.53. The van der Waals surface area contributed by atoms with E-state index < -0.39 is 0 Å². The van der Waals surface area contributed by atoms with E-state index in [0.29, 0.717) is 17.9 Å². The normalized spacial score (nSPS) is 15.1. The number of nitrogens with zero attached hydrogens (tertiary/aromatic N) is 1. The molecule has 0 bridgehead atoms. The van der Waals surface area contributed by atoms with Gasteiger partial charge < -0.3 is 23.7 Å². The molecule has 0 saturated carbocycles. The van der Waals surface area contributed by atoms with Gasteiger partial charge in [0.1, 0.15) is 0 Å². The van der Waals surface area contributed by atoms with E-state index in [1.807, 2.05) is 37.3 Å². The van der Waals surface area contributed by atoms with Crippen LogP contribution >= 0.6 is 0 Å². The zero-order chi connectivity index (χ0) is 26.2. The number of rotatable bonds is 7. The summed E-state index contributed by atoms with van der Waals surface area (Å²) in [7, 11) is 3.33. The first kappa shape index (κ1) is 24.1. The lowest BCUT2D eigenvalue weighted by Gasteiger charge is -2.24. The van der Waals surface area contributed by atoms with Crippen molar-refractivity contribution in [2.24, 2.45) is 0 Å². The maximum atomic E-state index is 12.0. The lowest BCUT2D eigenvalue weighted by Crippen LogP contribution is -2.42. The van der Waals surface area contributed by atoms with Crippen LogP contribution in [-0.2, 0) is 17.7 Å². The molecule has 4 aromatic rings. The molecule has 6 rings (SSSR count). The highest BCUT2D eigenvalue weighted by atomic mass is 16.7. The van der Waals surface area contributed by atoms with Gasteiger partial charge in [-0.15, -0.1) is 0 Å². The summed E-state index contributed by atoms with van der Waals surface area (Å²) >= 11 is 0. The molecular weight excluding hydrogens is 482 g/mol. The zero-order valence-electron chi connectivity index (χ0n) is 21.8. The maximum absolute atomic E-state index is 12.0. The first-order chi connectivity index (χ1) is 18.6. The van der Waals surface area contributed by atoms with Gasteiger partial charge in [-0.3, -0.25) is 0 Å². The van der Waals surface area contributed by atoms with Crippen molar-refractivity contribution in [3.8, 4) is 34.3 Å². The van der Waals surface area contributed by atoms with Crippen molar-refractivity contribution in [1.29, 1.82) is 0 Å². The van der Waals surface area contributed by atoms with Gasteiger partial charge in [0.05, 0.1) is 37.3 Å². The maximum Gasteiger partial charge on any atom is 0.338 e. The molecule has 2 aliphatic rings. The topological polar surface area (TPSA) is 67.1 Å². The highest BCUT2D eigenvalue weighted by Gasteiger charge is 2.34. The summed E-state index contributed by atoms with van der Waals surface area (Å²) in [6, 6.07) is 18.2. The Morgan fingerprint density at radius 3 is 2.53 bits per heavy atom. The quantitative estimate of drug-likeness (QED) is 0.242. The van der Waals surface area contributed by atoms with E-state index >= 15 is 0 Å². The summed E-state index contributed by atoms with van der Waals surface area (Å²) in [4.78, 5) is 12.0. The molecule has 7 nitrogen and oxygen atoms in total. The largest absolute Gasteiger partial charge is 0.493 e. The van der Waals surface area contributed by atoms with Crippen LogP contribution in [0.5, 0.6) is 23.0 Å². The predicted molar refractivity (Wildman–Crippen MR) is 142 cm³/mol. The average molecular weight is 513 g/mol. The smallest absolute Gasteiger partial charge is 0.338 e. The SMILES string of the molecule is CCOC(=O)c1ccc(CCC2C[n+]3cc4c(OC)c(OC)ccc4cc3-c3cc4c(cc32)OCO4)cc1. The number of aryl methyl sites for hydroxylation is 1. The third-order valence-electron chi connectivity index (χ3n) is 7.43. The molecule has 0 amide bonds. The van der Waals surface area contributed by atoms with Crippen molar-refractivity contribution < 1.29 is 33.0 Å². The predicted octanol–water partition coefficient (Wildman–Crippen LogP) is 5.45. The highest BCUT2D eigenvalue weighted by Crippen LogP contribution is 2.45. The van der Waals surface area contributed by atoms with Gasteiger partial charge in [0.2, 0.25) is 12.5 Å². The molecule has 3 heterocycles. The van der Waals surface area contributed by atoms with Crippen LogP contribution in [0, 0.1) is 0 Å². The summed E-state index contributed by atoms with van der Waals surface area (Å²) in [5.74, 6) is 2.99. The van der Waals surface area contributed by atoms with E-state index in [1.54, 1.807) is 14.2 Å². The lowest BCUT2D eigenvalue weighted by atomic mass is 9.84. The van der Waals surface area contributed by atoms with Crippen LogP contribution in [0.4, 0.5) is 0 Å². The monoisotopic (exact) mass is 512 g/mol. The second-order valence-electron chi connectivity index (χ2n) is 9.56. The number of hydrogen-bond donors (Lipinski definition) is 0. The lowest BCUT2D eigenvalue weighted by molar-refractivity contribution is -0.689. The Kier molecular flexibility index (Phi) is 6.27. The third-order valence-corrected chi connectivity index (χ3v) is 7.43. The van der Waals surface area contributed by atoms with Gasteiger partial charge in [-0.1, -0.05) is 12.1 Å². The number of carbonyl (C=O) groups excluding carboxylic acids is 1. The molecule has 2 aliphatic heterocycles. The number of fused-ring (bicyclic) bond motifs is 5. The molecule has 7 heteroatoms. The molecule has 0 aliphatic carbocycles. The Labute approximate surface area is 221 Å². The number of aromatic nitrogens is 1. The van der Waals surface area contributed by atoms with E-state index in [1.165, 1.54) is 11.1 Å². The molecule has 0 spiro atoms. The first-order valence-electron chi connectivity index (χ1n) is 12.9. The van der Waals surface area contributed by atoms with Crippen molar-refractivity contribution in [2.75, 3.05) is 27.6 Å². The molecule has 3 aromatic carbocycles. The highest BCUT2D eigenvalue weighted by molar-refractivity contribution is 5.92. The minimum Gasteiger partial charge on any atom is -0.493 e. The van der Waals surface area contributed by atoms with Crippen molar-refractivity contribution in [3.05, 3.63) is 77.5 Å². The van der Waals surface area contributed by atoms with Crippen molar-refractivity contribution in [2.45, 2.75) is 32.2 Å². The Hall–Kier alpha value is -4.26. The number of methoxy groups -OCH3 is 2. The molecule has 0 saturated heterocycles. The van der Waals surface area contributed by atoms with E-state index in [4.69, 9.17) is 23.7 Å². The Balaban J connectivity index is 1.36. The van der Waals surface area contributed by atoms with Gasteiger partial charge in [0, 0.05) is 12.0 Å². The fraction of sp³-hybridized carbons (Fsp3) is 0.290. The van der Waals surface area contributed by atoms with E-state index in [2.05, 4.69) is 35.0 Å². The van der Waals surface area contributed by atoms with Crippen LogP contribution in [-0.4, -0.2) is 33.6 Å². The molecule has 1 unspecified atom stereocenters. The number of pyridine rings is 1. The van der Waals surface area contributed by atoms with Gasteiger partial charge >= 0.3 is 5.97 Å². The summed E-state index contributed by atoms with van der Waals surface area (Å²) in [5, 5.41) is 2.09. The fourth-order valence-corrected chi connectivity index (χ4v) is 5.53. The van der Waals surface area contributed by atoms with Gasteiger partial charge in [0.25, 0.3) is 0 Å². The van der Waals surface area contributed by atoms with Crippen molar-refractivity contribution in [3.63, 3.8) is 0 Å². The van der Waals surface area contributed by atoms with Crippen LogP contribution in [0.2, 0.25) is 0 Å². The Morgan fingerprint density at radius 1 is 1.00 bits per heavy atom. The molecule has 194 valence electrons. The van der Waals surface area contributed by atoms with Crippen LogP contribution in [0.25, 0.3) is 22.0 Å². The van der Waals surface area contributed by atoms with Crippen LogP contribution in [0.3, 0.4) is 0 Å². The number of benzene rings is 3. The average Bonchev–Trinajstić information content (AvgIpc) is 3.41. The van der Waals surface area contributed by atoms with Crippen molar-refractivity contribution >= 4 is 16.7 Å². The Morgan fingerprint density at radius 2 is 1.79 bits per heavy atom. The molecule has 0 radical (unpaired) electrons. The number of carbonyl (C=O) groups is 1. The summed E-state index contributed by atoms with van der Waals surface area (Å²) in [5.41, 5.74) is 5.30. The first-order valence-corrected chi connectivity index (χ1v) is 12.9. The van der Waals surface area contributed by atoms with Gasteiger partial charge in [-0.05, 0) is 72.7 Å². The zero-order valence-corrected chi connectivity index (χ0v) is 21.8. The Bertz CT molecular complexity index is 1530. The van der Waals surface area contributed by atoms with Crippen LogP contribution < -0.4 is 23.5 Å². The van der Waals surface area contributed by atoms with Gasteiger partial charge in [-0.2, -0.15) is 4.57 Å². The number of esters is 1. The summed E-state index contributed by atoms with van der Waals surface area (Å²) in [6.07, 6.45) is 3.98. The molecular formula is C31H30NO6+. The second kappa shape index (κ2) is 9.89. The third kappa shape index (κ3) is 4.18. The molecule has 1 atom stereocenters. The standard InChI is InChI=1S/C31H30NO6/c1-4-36-31(33)20-8-5-19(6-9-20)7-10-22-16-32-17-25-21(11-12-27(34-2)30(25)35-3)13-26(32)24-15-29-28(14-23(22)24)37-18-38-29/h5-6,8-9,11-15,17,22H,4,7,10,16,18H2,1-3H3/q+1. The van der Waals surface area contributed by atoms with Crippen molar-refractivity contribution in [1.82, 2.24) is 0 Å². The molecule has 1 aromatic heterocycles. The van der Waals surface area contributed by atoms with E-state index in [-0.39, 0.29) is 18.7 Å². The summed E-state index contributed by atoms with van der Waals surface area (Å²) in [6.45, 7) is 3.24.